The number of aromatic nitrogens is 1. The third kappa shape index (κ3) is 2.83. The topological polar surface area (TPSA) is 100 Å². The van der Waals surface area contributed by atoms with Gasteiger partial charge in [0.25, 0.3) is 5.91 Å². The van der Waals surface area contributed by atoms with E-state index < -0.39 is 12.1 Å². The Balaban J connectivity index is 2.17. The highest BCUT2D eigenvalue weighted by molar-refractivity contribution is 6.31. The Morgan fingerprint density at radius 1 is 1.50 bits per heavy atom. The number of hydrogen-bond donors (Lipinski definition) is 3. The van der Waals surface area contributed by atoms with Crippen molar-refractivity contribution in [3.05, 3.63) is 22.8 Å². The monoisotopic (exact) mass is 297 g/mol. The molecular weight excluding hydrogens is 282 g/mol. The van der Waals surface area contributed by atoms with Gasteiger partial charge in [-0.25, -0.2) is 15.6 Å². The molecule has 1 aliphatic rings. The number of nitrogens with one attached hydrogen (secondary N) is 2. The molecule has 20 heavy (non-hydrogen) atoms. The largest absolute Gasteiger partial charge is 0.326 e. The number of pyridine rings is 1. The van der Waals surface area contributed by atoms with Gasteiger partial charge in [0.2, 0.25) is 0 Å². The summed E-state index contributed by atoms with van der Waals surface area (Å²) in [7, 11) is 0. The van der Waals surface area contributed by atoms with E-state index in [4.69, 9.17) is 17.4 Å². The summed E-state index contributed by atoms with van der Waals surface area (Å²) >= 11 is 6.02. The lowest BCUT2D eigenvalue weighted by molar-refractivity contribution is -0.128. The van der Waals surface area contributed by atoms with Gasteiger partial charge in [0.1, 0.15) is 11.9 Å². The molecule has 0 radical (unpaired) electrons. The van der Waals surface area contributed by atoms with Crippen molar-refractivity contribution in [2.24, 2.45) is 5.84 Å². The van der Waals surface area contributed by atoms with Crippen molar-refractivity contribution in [1.29, 1.82) is 0 Å². The summed E-state index contributed by atoms with van der Waals surface area (Å²) in [4.78, 5) is 29.2. The predicted octanol–water partition coefficient (Wildman–Crippen LogP) is 1.24. The summed E-state index contributed by atoms with van der Waals surface area (Å²) in [6.07, 6.45) is 1.43. The van der Waals surface area contributed by atoms with E-state index in [0.717, 1.165) is 11.3 Å². The van der Waals surface area contributed by atoms with E-state index in [9.17, 15) is 9.59 Å². The average molecular weight is 298 g/mol. The Kier molecular flexibility index (Phi) is 4.41. The smallest absolute Gasteiger partial charge is 0.325 e. The van der Waals surface area contributed by atoms with Gasteiger partial charge >= 0.3 is 6.03 Å². The number of carbonyl (C=O) groups is 2. The molecule has 0 saturated carbocycles. The van der Waals surface area contributed by atoms with E-state index in [2.05, 4.69) is 15.7 Å². The van der Waals surface area contributed by atoms with Crippen molar-refractivity contribution in [3.8, 4) is 0 Å². The van der Waals surface area contributed by atoms with Crippen LogP contribution in [-0.4, -0.2) is 27.9 Å². The zero-order chi connectivity index (χ0) is 14.7. The van der Waals surface area contributed by atoms with Crippen LogP contribution in [0.25, 0.3) is 0 Å². The Labute approximate surface area is 121 Å². The number of hydrogen-bond acceptors (Lipinski definition) is 5. The van der Waals surface area contributed by atoms with Gasteiger partial charge in [-0.3, -0.25) is 9.69 Å². The van der Waals surface area contributed by atoms with Crippen LogP contribution in [0.3, 0.4) is 0 Å². The number of halogens is 1. The molecule has 0 aliphatic carbocycles. The zero-order valence-corrected chi connectivity index (χ0v) is 11.8. The van der Waals surface area contributed by atoms with Gasteiger partial charge in [-0.2, -0.15) is 0 Å². The number of nitrogens with two attached hydrogens (primary N) is 1. The van der Waals surface area contributed by atoms with Crippen molar-refractivity contribution in [1.82, 2.24) is 15.2 Å². The molecule has 1 saturated heterocycles. The SMILES string of the molecule is CCCC1NC(=O)N(Cc2nc(NN)ccc2Cl)C1=O. The molecule has 108 valence electrons. The molecule has 0 aromatic carbocycles. The van der Waals surface area contributed by atoms with Crippen molar-refractivity contribution in [2.75, 3.05) is 5.43 Å². The molecule has 8 heteroatoms. The molecule has 2 heterocycles. The number of hydrazine groups is 1. The number of imide groups is 1. The number of carbonyl (C=O) groups excluding carboxylic acids is 2. The number of amides is 3. The molecule has 0 bridgehead atoms. The van der Waals surface area contributed by atoms with Gasteiger partial charge in [-0.1, -0.05) is 24.9 Å². The lowest BCUT2D eigenvalue weighted by Crippen LogP contribution is -2.31. The van der Waals surface area contributed by atoms with Crippen molar-refractivity contribution in [3.63, 3.8) is 0 Å². The van der Waals surface area contributed by atoms with Crippen molar-refractivity contribution >= 4 is 29.4 Å². The summed E-state index contributed by atoms with van der Waals surface area (Å²) in [6.45, 7) is 1.98. The second-order valence-corrected chi connectivity index (χ2v) is 4.89. The molecule has 2 rings (SSSR count). The number of urea groups is 1. The minimum absolute atomic E-state index is 0.0270. The molecule has 4 N–H and O–H groups in total. The highest BCUT2D eigenvalue weighted by atomic mass is 35.5. The lowest BCUT2D eigenvalue weighted by atomic mass is 10.1. The maximum atomic E-state index is 12.1. The third-order valence-corrected chi connectivity index (χ3v) is 3.40. The van der Waals surface area contributed by atoms with E-state index in [-0.39, 0.29) is 12.5 Å². The fourth-order valence-electron chi connectivity index (χ4n) is 2.04. The quantitative estimate of drug-likeness (QED) is 0.431. The zero-order valence-electron chi connectivity index (χ0n) is 11.0. The Hall–Kier alpha value is -1.86. The molecule has 3 amide bonds. The predicted molar refractivity (Wildman–Crippen MR) is 74.8 cm³/mol. The van der Waals surface area contributed by atoms with Crippen LogP contribution in [0.15, 0.2) is 12.1 Å². The van der Waals surface area contributed by atoms with Crippen LogP contribution in [0.4, 0.5) is 10.6 Å². The summed E-state index contributed by atoms with van der Waals surface area (Å²) in [6, 6.07) is 2.35. The molecule has 1 atom stereocenters. The molecule has 1 fully saturated rings. The molecule has 7 nitrogen and oxygen atoms in total. The summed E-state index contributed by atoms with van der Waals surface area (Å²) in [5, 5.41) is 3.03. The van der Waals surface area contributed by atoms with Gasteiger partial charge in [-0.15, -0.1) is 0 Å². The summed E-state index contributed by atoms with van der Waals surface area (Å²) < 4.78 is 0. The molecule has 0 spiro atoms. The highest BCUT2D eigenvalue weighted by Gasteiger charge is 2.37. The van der Waals surface area contributed by atoms with Crippen molar-refractivity contribution in [2.45, 2.75) is 32.4 Å². The summed E-state index contributed by atoms with van der Waals surface area (Å²) in [5.41, 5.74) is 2.82. The van der Waals surface area contributed by atoms with E-state index >= 15 is 0 Å². The first-order valence-corrected chi connectivity index (χ1v) is 6.68. The third-order valence-electron chi connectivity index (χ3n) is 3.06. The van der Waals surface area contributed by atoms with Crippen LogP contribution in [-0.2, 0) is 11.3 Å². The van der Waals surface area contributed by atoms with Crippen LogP contribution in [0.1, 0.15) is 25.5 Å². The number of anilines is 1. The maximum absolute atomic E-state index is 12.1. The van der Waals surface area contributed by atoms with Crippen LogP contribution in [0.5, 0.6) is 0 Å². The number of nitrogen functional groups attached to an aromatic ring is 1. The van der Waals surface area contributed by atoms with Gasteiger partial charge in [0.05, 0.1) is 17.3 Å². The molecule has 1 aromatic heterocycles. The first-order chi connectivity index (χ1) is 9.56. The Bertz CT molecular complexity index is 537. The maximum Gasteiger partial charge on any atom is 0.325 e. The van der Waals surface area contributed by atoms with Gasteiger partial charge < -0.3 is 10.7 Å². The fraction of sp³-hybridized carbons (Fsp3) is 0.417. The Morgan fingerprint density at radius 3 is 2.90 bits per heavy atom. The molecule has 1 unspecified atom stereocenters. The van der Waals surface area contributed by atoms with E-state index in [1.54, 1.807) is 12.1 Å². The minimum Gasteiger partial charge on any atom is -0.326 e. The molecule has 1 aromatic rings. The lowest BCUT2D eigenvalue weighted by Gasteiger charge is -2.14. The molecular formula is C12H16ClN5O2. The highest BCUT2D eigenvalue weighted by Crippen LogP contribution is 2.20. The molecule has 1 aliphatic heterocycles. The fourth-order valence-corrected chi connectivity index (χ4v) is 2.20. The van der Waals surface area contributed by atoms with Crippen molar-refractivity contribution < 1.29 is 9.59 Å². The van der Waals surface area contributed by atoms with Gasteiger partial charge in [0.15, 0.2) is 0 Å². The standard InChI is InChI=1S/C12H16ClN5O2/c1-2-3-8-11(19)18(12(20)16-8)6-9-7(13)4-5-10(15-9)17-14/h4-5,8H,2-3,6,14H2,1H3,(H,15,17)(H,16,20). The Morgan fingerprint density at radius 2 is 2.25 bits per heavy atom. The van der Waals surface area contributed by atoms with E-state index in [0.29, 0.717) is 23.0 Å². The number of rotatable bonds is 5. The van der Waals surface area contributed by atoms with Crippen LogP contribution < -0.4 is 16.6 Å². The average Bonchev–Trinajstić information content (AvgIpc) is 2.69. The first kappa shape index (κ1) is 14.5. The second-order valence-electron chi connectivity index (χ2n) is 4.48. The number of nitrogens with zero attached hydrogens (tertiary/aromatic N) is 2. The van der Waals surface area contributed by atoms with Gasteiger partial charge in [-0.05, 0) is 18.6 Å². The van der Waals surface area contributed by atoms with Crippen LogP contribution in [0, 0.1) is 0 Å². The summed E-state index contributed by atoms with van der Waals surface area (Å²) in [5.74, 6) is 5.45. The van der Waals surface area contributed by atoms with E-state index in [1.807, 2.05) is 6.92 Å². The first-order valence-electron chi connectivity index (χ1n) is 6.30. The van der Waals surface area contributed by atoms with Crippen LogP contribution >= 0.6 is 11.6 Å². The van der Waals surface area contributed by atoms with E-state index in [1.165, 1.54) is 0 Å². The minimum atomic E-state index is -0.456. The van der Waals surface area contributed by atoms with Gasteiger partial charge in [0, 0.05) is 0 Å². The second kappa shape index (κ2) is 6.06. The normalized spacial score (nSPS) is 18.4. The van der Waals surface area contributed by atoms with Crippen LogP contribution in [0.2, 0.25) is 5.02 Å².